The Balaban J connectivity index is 2.23. The van der Waals surface area contributed by atoms with Gasteiger partial charge in [-0.05, 0) is 11.6 Å². The molecule has 0 atom stereocenters. The molecule has 0 radical (unpaired) electrons. The van der Waals surface area contributed by atoms with Crippen LogP contribution >= 0.6 is 0 Å². The lowest BCUT2D eigenvalue weighted by Gasteiger charge is -2.02. The van der Waals surface area contributed by atoms with Crippen molar-refractivity contribution in [2.45, 2.75) is 0 Å². The van der Waals surface area contributed by atoms with Crippen molar-refractivity contribution in [3.63, 3.8) is 0 Å². The highest BCUT2D eigenvalue weighted by molar-refractivity contribution is 5.68. The van der Waals surface area contributed by atoms with E-state index in [1.807, 2.05) is 36.4 Å². The zero-order valence-corrected chi connectivity index (χ0v) is 8.46. The number of hydrogen-bond acceptors (Lipinski definition) is 3. The fraction of sp³-hybridized carbons (Fsp3) is 0. The van der Waals surface area contributed by atoms with E-state index in [0.717, 1.165) is 11.1 Å². The van der Waals surface area contributed by atoms with Gasteiger partial charge in [-0.2, -0.15) is 0 Å². The standard InChI is InChI=1S/C12H10N2O2/c13-12(15)16-11-7-6-10(8-14-11)9-4-2-1-3-5-9/h1-8H,(H2,13,15). The van der Waals surface area contributed by atoms with Gasteiger partial charge in [-0.25, -0.2) is 9.78 Å². The van der Waals surface area contributed by atoms with Crippen molar-refractivity contribution in [2.75, 3.05) is 0 Å². The van der Waals surface area contributed by atoms with Gasteiger partial charge in [0.1, 0.15) is 0 Å². The largest absolute Gasteiger partial charge is 0.411 e. The number of nitrogens with two attached hydrogens (primary N) is 1. The van der Waals surface area contributed by atoms with Crippen LogP contribution in [0.3, 0.4) is 0 Å². The topological polar surface area (TPSA) is 65.2 Å². The van der Waals surface area contributed by atoms with E-state index in [0.29, 0.717) is 0 Å². The molecule has 1 amide bonds. The number of primary amides is 1. The highest BCUT2D eigenvalue weighted by Crippen LogP contribution is 2.19. The lowest BCUT2D eigenvalue weighted by Crippen LogP contribution is -2.16. The summed E-state index contributed by atoms with van der Waals surface area (Å²) in [5.41, 5.74) is 6.88. The Morgan fingerprint density at radius 1 is 1.06 bits per heavy atom. The van der Waals surface area contributed by atoms with Crippen LogP contribution in [0.2, 0.25) is 0 Å². The smallest absolute Gasteiger partial charge is 0.391 e. The van der Waals surface area contributed by atoms with E-state index in [4.69, 9.17) is 5.73 Å². The number of carbonyl (C=O) groups is 1. The van der Waals surface area contributed by atoms with Crippen LogP contribution in [0.4, 0.5) is 4.79 Å². The van der Waals surface area contributed by atoms with E-state index in [1.54, 1.807) is 12.3 Å². The van der Waals surface area contributed by atoms with Gasteiger partial charge in [-0.1, -0.05) is 30.3 Å². The molecule has 4 nitrogen and oxygen atoms in total. The molecule has 0 aliphatic rings. The van der Waals surface area contributed by atoms with E-state index in [2.05, 4.69) is 9.72 Å². The molecule has 0 aliphatic carbocycles. The Morgan fingerprint density at radius 3 is 2.38 bits per heavy atom. The SMILES string of the molecule is NC(=O)Oc1ccc(-c2ccccc2)cn1. The zero-order valence-electron chi connectivity index (χ0n) is 8.46. The summed E-state index contributed by atoms with van der Waals surface area (Å²) in [4.78, 5) is 14.5. The Kier molecular flexibility index (Phi) is 2.82. The monoisotopic (exact) mass is 214 g/mol. The lowest BCUT2D eigenvalue weighted by molar-refractivity contribution is 0.209. The molecule has 0 aliphatic heterocycles. The molecule has 1 aromatic carbocycles. The third-order valence-electron chi connectivity index (χ3n) is 2.05. The number of nitrogens with zero attached hydrogens (tertiary/aromatic N) is 1. The van der Waals surface area contributed by atoms with Crippen molar-refractivity contribution in [1.29, 1.82) is 0 Å². The summed E-state index contributed by atoms with van der Waals surface area (Å²) in [6, 6.07) is 13.2. The first kappa shape index (κ1) is 10.2. The van der Waals surface area contributed by atoms with Gasteiger partial charge in [-0.3, -0.25) is 0 Å². The van der Waals surface area contributed by atoms with Gasteiger partial charge in [0.15, 0.2) is 0 Å². The highest BCUT2D eigenvalue weighted by atomic mass is 16.6. The molecule has 2 aromatic rings. The maximum Gasteiger partial charge on any atom is 0.411 e. The summed E-state index contributed by atoms with van der Waals surface area (Å²) >= 11 is 0. The molecule has 0 saturated heterocycles. The number of carbonyl (C=O) groups excluding carboxylic acids is 1. The quantitative estimate of drug-likeness (QED) is 0.833. The van der Waals surface area contributed by atoms with E-state index in [9.17, 15) is 4.79 Å². The summed E-state index contributed by atoms with van der Waals surface area (Å²) in [5.74, 6) is 0.201. The molecule has 2 N–H and O–H groups in total. The predicted octanol–water partition coefficient (Wildman–Crippen LogP) is 2.21. The van der Waals surface area contributed by atoms with Crippen LogP contribution in [0, 0.1) is 0 Å². The van der Waals surface area contributed by atoms with Crippen LogP contribution in [0.15, 0.2) is 48.7 Å². The van der Waals surface area contributed by atoms with Gasteiger partial charge in [0.05, 0.1) is 0 Å². The molecule has 0 fully saturated rings. The fourth-order valence-electron chi connectivity index (χ4n) is 1.35. The molecular formula is C12H10N2O2. The first-order valence-corrected chi connectivity index (χ1v) is 4.74. The molecule has 0 bridgehead atoms. The van der Waals surface area contributed by atoms with Crippen LogP contribution < -0.4 is 10.5 Å². The van der Waals surface area contributed by atoms with E-state index in [1.165, 1.54) is 0 Å². The number of amides is 1. The van der Waals surface area contributed by atoms with Crippen molar-refractivity contribution >= 4 is 6.09 Å². The van der Waals surface area contributed by atoms with Gasteiger partial charge in [0.25, 0.3) is 0 Å². The molecular weight excluding hydrogens is 204 g/mol. The molecule has 16 heavy (non-hydrogen) atoms. The second kappa shape index (κ2) is 4.44. The van der Waals surface area contributed by atoms with Crippen LogP contribution in [-0.4, -0.2) is 11.1 Å². The number of ether oxygens (including phenoxy) is 1. The van der Waals surface area contributed by atoms with Crippen LogP contribution in [0.1, 0.15) is 0 Å². The fourth-order valence-corrected chi connectivity index (χ4v) is 1.35. The Hall–Kier alpha value is -2.36. The number of hydrogen-bond donors (Lipinski definition) is 1. The minimum absolute atomic E-state index is 0.201. The predicted molar refractivity (Wildman–Crippen MR) is 59.9 cm³/mol. The van der Waals surface area contributed by atoms with Crippen LogP contribution in [0.5, 0.6) is 5.88 Å². The Labute approximate surface area is 92.7 Å². The maximum absolute atomic E-state index is 10.5. The highest BCUT2D eigenvalue weighted by Gasteiger charge is 2.01. The molecule has 80 valence electrons. The summed E-state index contributed by atoms with van der Waals surface area (Å²) in [5, 5.41) is 0. The summed E-state index contributed by atoms with van der Waals surface area (Å²) in [6.45, 7) is 0. The second-order valence-corrected chi connectivity index (χ2v) is 3.17. The van der Waals surface area contributed by atoms with Gasteiger partial charge in [0.2, 0.25) is 5.88 Å². The number of aromatic nitrogens is 1. The number of pyridine rings is 1. The maximum atomic E-state index is 10.5. The average Bonchev–Trinajstić information content (AvgIpc) is 2.30. The summed E-state index contributed by atoms with van der Waals surface area (Å²) in [7, 11) is 0. The van der Waals surface area contributed by atoms with Crippen molar-refractivity contribution in [1.82, 2.24) is 4.98 Å². The lowest BCUT2D eigenvalue weighted by atomic mass is 10.1. The van der Waals surface area contributed by atoms with Gasteiger partial charge >= 0.3 is 6.09 Å². The first-order valence-electron chi connectivity index (χ1n) is 4.74. The molecule has 0 unspecified atom stereocenters. The molecule has 0 spiro atoms. The minimum atomic E-state index is -0.861. The minimum Gasteiger partial charge on any atom is -0.391 e. The number of rotatable bonds is 2. The van der Waals surface area contributed by atoms with Crippen molar-refractivity contribution in [3.8, 4) is 17.0 Å². The average molecular weight is 214 g/mol. The second-order valence-electron chi connectivity index (χ2n) is 3.17. The third kappa shape index (κ3) is 2.36. The third-order valence-corrected chi connectivity index (χ3v) is 2.05. The first-order chi connectivity index (χ1) is 7.75. The van der Waals surface area contributed by atoms with E-state index < -0.39 is 6.09 Å². The van der Waals surface area contributed by atoms with Crippen molar-refractivity contribution < 1.29 is 9.53 Å². The Bertz CT molecular complexity index is 480. The van der Waals surface area contributed by atoms with Crippen molar-refractivity contribution in [2.24, 2.45) is 5.73 Å². The molecule has 2 rings (SSSR count). The molecule has 1 heterocycles. The van der Waals surface area contributed by atoms with Gasteiger partial charge < -0.3 is 10.5 Å². The van der Waals surface area contributed by atoms with Gasteiger partial charge in [0, 0.05) is 17.8 Å². The summed E-state index contributed by atoms with van der Waals surface area (Å²) in [6.07, 6.45) is 0.771. The molecule has 4 heteroatoms. The summed E-state index contributed by atoms with van der Waals surface area (Å²) < 4.78 is 4.63. The Morgan fingerprint density at radius 2 is 1.81 bits per heavy atom. The van der Waals surface area contributed by atoms with Crippen LogP contribution in [-0.2, 0) is 0 Å². The normalized spacial score (nSPS) is 9.75. The zero-order chi connectivity index (χ0) is 11.4. The number of benzene rings is 1. The van der Waals surface area contributed by atoms with Gasteiger partial charge in [-0.15, -0.1) is 0 Å². The van der Waals surface area contributed by atoms with Crippen LogP contribution in [0.25, 0.3) is 11.1 Å². The van der Waals surface area contributed by atoms with E-state index in [-0.39, 0.29) is 5.88 Å². The van der Waals surface area contributed by atoms with Crippen molar-refractivity contribution in [3.05, 3.63) is 48.7 Å². The molecule has 1 aromatic heterocycles. The van der Waals surface area contributed by atoms with E-state index >= 15 is 0 Å². The molecule has 0 saturated carbocycles.